The highest BCUT2D eigenvalue weighted by Crippen LogP contribution is 2.31. The van der Waals surface area contributed by atoms with E-state index < -0.39 is 0 Å². The highest BCUT2D eigenvalue weighted by Gasteiger charge is 2.17. The van der Waals surface area contributed by atoms with E-state index in [0.29, 0.717) is 0 Å². The van der Waals surface area contributed by atoms with Crippen LogP contribution in [0.2, 0.25) is 0 Å². The van der Waals surface area contributed by atoms with Crippen LogP contribution in [0.1, 0.15) is 28.3 Å². The van der Waals surface area contributed by atoms with Gasteiger partial charge in [-0.25, -0.2) is 0 Å². The van der Waals surface area contributed by atoms with Crippen LogP contribution in [0.15, 0.2) is 47.4 Å². The van der Waals surface area contributed by atoms with Gasteiger partial charge in [-0.2, -0.15) is 0 Å². The summed E-state index contributed by atoms with van der Waals surface area (Å²) in [5, 5.41) is 3.46. The molecule has 0 heterocycles. The molecule has 1 unspecified atom stereocenters. The van der Waals surface area contributed by atoms with Crippen LogP contribution in [0, 0.1) is 13.8 Å². The van der Waals surface area contributed by atoms with E-state index in [1.807, 2.05) is 7.05 Å². The van der Waals surface area contributed by atoms with Crippen molar-refractivity contribution in [3.05, 3.63) is 64.7 Å². The third kappa shape index (κ3) is 3.02. The molecule has 0 saturated carbocycles. The Bertz CT molecular complexity index is 563. The lowest BCUT2D eigenvalue weighted by atomic mass is 9.93. The second-order valence-corrected chi connectivity index (χ2v) is 5.67. The molecule has 19 heavy (non-hydrogen) atoms. The molecule has 0 aromatic heterocycles. The zero-order valence-corrected chi connectivity index (χ0v) is 12.8. The molecule has 1 atom stereocenters. The lowest BCUT2D eigenvalue weighted by Crippen LogP contribution is -2.19. The molecule has 2 aromatic rings. The Morgan fingerprint density at radius 3 is 2.42 bits per heavy atom. The number of hydrogen-bond acceptors (Lipinski definition) is 2. The van der Waals surface area contributed by atoms with Crippen molar-refractivity contribution in [2.75, 3.05) is 13.3 Å². The van der Waals surface area contributed by atoms with Gasteiger partial charge in [-0.3, -0.25) is 0 Å². The van der Waals surface area contributed by atoms with Crippen LogP contribution in [0.25, 0.3) is 0 Å². The average Bonchev–Trinajstić information content (AvgIpc) is 2.44. The van der Waals surface area contributed by atoms with Crippen LogP contribution in [0.5, 0.6) is 0 Å². The van der Waals surface area contributed by atoms with Crippen molar-refractivity contribution in [2.24, 2.45) is 0 Å². The van der Waals surface area contributed by atoms with Gasteiger partial charge in [0.2, 0.25) is 0 Å². The molecule has 2 rings (SSSR count). The monoisotopic (exact) mass is 271 g/mol. The molecule has 0 fully saturated rings. The van der Waals surface area contributed by atoms with Gasteiger partial charge in [0.05, 0.1) is 6.04 Å². The summed E-state index contributed by atoms with van der Waals surface area (Å²) in [5.41, 5.74) is 5.36. The van der Waals surface area contributed by atoms with Gasteiger partial charge >= 0.3 is 0 Å². The van der Waals surface area contributed by atoms with Gasteiger partial charge in [0.1, 0.15) is 0 Å². The van der Waals surface area contributed by atoms with E-state index in [1.165, 1.54) is 27.1 Å². The maximum Gasteiger partial charge on any atom is 0.0588 e. The first-order valence-corrected chi connectivity index (χ1v) is 7.77. The number of rotatable bonds is 4. The number of nitrogens with one attached hydrogen (secondary N) is 1. The van der Waals surface area contributed by atoms with Crippen LogP contribution in [-0.2, 0) is 0 Å². The lowest BCUT2D eigenvalue weighted by molar-refractivity contribution is 0.675. The van der Waals surface area contributed by atoms with Crippen LogP contribution < -0.4 is 5.32 Å². The SMILES string of the molecule is CNC(c1cc(C)ccc1C)c1ccccc1SC. The van der Waals surface area contributed by atoms with Crippen molar-refractivity contribution in [3.8, 4) is 0 Å². The Morgan fingerprint density at radius 1 is 1.00 bits per heavy atom. The summed E-state index contributed by atoms with van der Waals surface area (Å²) in [5.74, 6) is 0. The highest BCUT2D eigenvalue weighted by molar-refractivity contribution is 7.98. The third-order valence-electron chi connectivity index (χ3n) is 3.48. The predicted molar refractivity (Wildman–Crippen MR) is 85.0 cm³/mol. The molecule has 2 aromatic carbocycles. The minimum atomic E-state index is 0.253. The Hall–Kier alpha value is -1.25. The molecule has 0 bridgehead atoms. The molecule has 0 amide bonds. The Labute approximate surface area is 120 Å². The molecule has 0 spiro atoms. The highest BCUT2D eigenvalue weighted by atomic mass is 32.2. The molecule has 0 saturated heterocycles. The molecule has 0 aliphatic rings. The zero-order chi connectivity index (χ0) is 13.8. The maximum atomic E-state index is 3.46. The summed E-state index contributed by atoms with van der Waals surface area (Å²) < 4.78 is 0. The van der Waals surface area contributed by atoms with E-state index in [4.69, 9.17) is 0 Å². The van der Waals surface area contributed by atoms with E-state index in [-0.39, 0.29) is 6.04 Å². The van der Waals surface area contributed by atoms with E-state index in [2.05, 4.69) is 67.9 Å². The van der Waals surface area contributed by atoms with Crippen molar-refractivity contribution in [1.29, 1.82) is 0 Å². The van der Waals surface area contributed by atoms with Gasteiger partial charge in [-0.15, -0.1) is 11.8 Å². The molecule has 0 aliphatic carbocycles. The molecule has 0 aliphatic heterocycles. The van der Waals surface area contributed by atoms with Gasteiger partial charge in [-0.1, -0.05) is 42.0 Å². The normalized spacial score (nSPS) is 12.4. The van der Waals surface area contributed by atoms with Crippen LogP contribution >= 0.6 is 11.8 Å². The largest absolute Gasteiger partial charge is 0.309 e. The standard InChI is InChI=1S/C17H21NS/c1-12-9-10-13(2)15(11-12)17(18-3)14-7-5-6-8-16(14)19-4/h5-11,17-18H,1-4H3. The number of hydrogen-bond donors (Lipinski definition) is 1. The van der Waals surface area contributed by atoms with Gasteiger partial charge in [0, 0.05) is 4.90 Å². The van der Waals surface area contributed by atoms with Gasteiger partial charge < -0.3 is 5.32 Å². The van der Waals surface area contributed by atoms with E-state index in [1.54, 1.807) is 11.8 Å². The quantitative estimate of drug-likeness (QED) is 0.830. The molecule has 1 N–H and O–H groups in total. The number of aryl methyl sites for hydroxylation is 2. The second kappa shape index (κ2) is 6.27. The fraction of sp³-hybridized carbons (Fsp3) is 0.294. The first-order valence-electron chi connectivity index (χ1n) is 6.54. The van der Waals surface area contributed by atoms with Crippen molar-refractivity contribution in [2.45, 2.75) is 24.8 Å². The van der Waals surface area contributed by atoms with Crippen molar-refractivity contribution < 1.29 is 0 Å². The number of thioether (sulfide) groups is 1. The van der Waals surface area contributed by atoms with Gasteiger partial charge in [-0.05, 0) is 49.9 Å². The minimum Gasteiger partial charge on any atom is -0.309 e. The molecular formula is C17H21NS. The molecule has 100 valence electrons. The maximum absolute atomic E-state index is 3.46. The summed E-state index contributed by atoms with van der Waals surface area (Å²) in [7, 11) is 2.03. The summed E-state index contributed by atoms with van der Waals surface area (Å²) in [6, 6.07) is 15.5. The predicted octanol–water partition coefficient (Wildman–Crippen LogP) is 4.33. The summed E-state index contributed by atoms with van der Waals surface area (Å²) in [4.78, 5) is 1.34. The Kier molecular flexibility index (Phi) is 4.67. The zero-order valence-electron chi connectivity index (χ0n) is 12.0. The first-order chi connectivity index (χ1) is 9.17. The Balaban J connectivity index is 2.53. The van der Waals surface area contributed by atoms with E-state index in [0.717, 1.165) is 0 Å². The Morgan fingerprint density at radius 2 is 1.74 bits per heavy atom. The van der Waals surface area contributed by atoms with Crippen LogP contribution in [-0.4, -0.2) is 13.3 Å². The van der Waals surface area contributed by atoms with Crippen LogP contribution in [0.3, 0.4) is 0 Å². The summed E-state index contributed by atoms with van der Waals surface area (Å²) in [6.07, 6.45) is 2.13. The van der Waals surface area contributed by atoms with Gasteiger partial charge in [0.15, 0.2) is 0 Å². The molecule has 1 nitrogen and oxygen atoms in total. The fourth-order valence-corrected chi connectivity index (χ4v) is 3.09. The number of benzene rings is 2. The molecule has 2 heteroatoms. The van der Waals surface area contributed by atoms with Crippen molar-refractivity contribution in [3.63, 3.8) is 0 Å². The molecular weight excluding hydrogens is 250 g/mol. The second-order valence-electron chi connectivity index (χ2n) is 4.82. The van der Waals surface area contributed by atoms with Gasteiger partial charge in [0.25, 0.3) is 0 Å². The summed E-state index contributed by atoms with van der Waals surface area (Å²) in [6.45, 7) is 4.33. The van der Waals surface area contributed by atoms with Crippen LogP contribution in [0.4, 0.5) is 0 Å². The fourth-order valence-electron chi connectivity index (χ4n) is 2.45. The molecule has 0 radical (unpaired) electrons. The third-order valence-corrected chi connectivity index (χ3v) is 4.30. The van der Waals surface area contributed by atoms with E-state index in [9.17, 15) is 0 Å². The van der Waals surface area contributed by atoms with Crippen molar-refractivity contribution >= 4 is 11.8 Å². The van der Waals surface area contributed by atoms with E-state index >= 15 is 0 Å². The smallest absolute Gasteiger partial charge is 0.0588 e. The average molecular weight is 271 g/mol. The lowest BCUT2D eigenvalue weighted by Gasteiger charge is -2.22. The topological polar surface area (TPSA) is 12.0 Å². The van der Waals surface area contributed by atoms with Crippen molar-refractivity contribution in [1.82, 2.24) is 5.32 Å². The minimum absolute atomic E-state index is 0.253. The summed E-state index contributed by atoms with van der Waals surface area (Å²) >= 11 is 1.80. The first kappa shape index (κ1) is 14.2.